The van der Waals surface area contributed by atoms with E-state index in [1.54, 1.807) is 0 Å². The van der Waals surface area contributed by atoms with Crippen molar-refractivity contribution in [1.82, 2.24) is 4.90 Å². The first-order valence-corrected chi connectivity index (χ1v) is 11.8. The lowest BCUT2D eigenvalue weighted by Crippen LogP contribution is -2.62. The van der Waals surface area contributed by atoms with Gasteiger partial charge in [0.2, 0.25) is 5.91 Å². The van der Waals surface area contributed by atoms with Crippen molar-refractivity contribution in [2.45, 2.75) is 77.9 Å². The monoisotopic (exact) mass is 395 g/mol. The molecule has 1 aliphatic heterocycles. The van der Waals surface area contributed by atoms with E-state index in [9.17, 15) is 4.79 Å². The summed E-state index contributed by atoms with van der Waals surface area (Å²) in [4.78, 5) is 14.5. The van der Waals surface area contributed by atoms with Crippen molar-refractivity contribution >= 4 is 5.91 Å². The van der Waals surface area contributed by atoms with Gasteiger partial charge in [-0.05, 0) is 85.2 Å². The molecule has 0 radical (unpaired) electrons. The van der Waals surface area contributed by atoms with Gasteiger partial charge in [-0.3, -0.25) is 4.79 Å². The highest BCUT2D eigenvalue weighted by atomic mass is 16.5. The predicted molar refractivity (Wildman–Crippen MR) is 116 cm³/mol. The molecule has 1 aromatic rings. The lowest BCUT2D eigenvalue weighted by Gasteiger charge is -2.63. The van der Waals surface area contributed by atoms with E-state index in [0.717, 1.165) is 36.3 Å². The van der Waals surface area contributed by atoms with Crippen molar-refractivity contribution in [2.24, 2.45) is 34.5 Å². The quantitative estimate of drug-likeness (QED) is 0.658. The number of hydrogen-bond donors (Lipinski definition) is 0. The van der Waals surface area contributed by atoms with Gasteiger partial charge in [-0.15, -0.1) is 0 Å². The second kappa shape index (κ2) is 6.75. The predicted octanol–water partition coefficient (Wildman–Crippen LogP) is 5.54. The topological polar surface area (TPSA) is 29.5 Å². The van der Waals surface area contributed by atoms with E-state index in [1.165, 1.54) is 32.1 Å². The fourth-order valence-corrected chi connectivity index (χ4v) is 8.24. The Morgan fingerprint density at radius 3 is 2.59 bits per heavy atom. The van der Waals surface area contributed by atoms with Crippen molar-refractivity contribution < 1.29 is 9.53 Å². The number of carbonyl (C=O) groups is 1. The molecular weight excluding hydrogens is 358 g/mol. The first kappa shape index (κ1) is 19.5. The Kier molecular flexibility index (Phi) is 4.53. The number of likely N-dealkylation sites (tertiary alicyclic amines) is 1. The number of piperidine rings is 1. The highest BCUT2D eigenvalue weighted by molar-refractivity contribution is 5.77. The van der Waals surface area contributed by atoms with Crippen LogP contribution in [0.25, 0.3) is 0 Å². The van der Waals surface area contributed by atoms with Crippen LogP contribution < -0.4 is 4.74 Å². The summed E-state index contributed by atoms with van der Waals surface area (Å²) in [7, 11) is 2.06. The van der Waals surface area contributed by atoms with Crippen LogP contribution in [-0.4, -0.2) is 30.0 Å². The van der Waals surface area contributed by atoms with Gasteiger partial charge in [0.25, 0.3) is 0 Å². The summed E-state index contributed by atoms with van der Waals surface area (Å²) >= 11 is 0. The maximum absolute atomic E-state index is 12.4. The number of carbonyl (C=O) groups excluding carboxylic acids is 1. The molecule has 5 rings (SSSR count). The van der Waals surface area contributed by atoms with E-state index in [2.05, 4.69) is 63.1 Å². The van der Waals surface area contributed by atoms with Crippen LogP contribution in [0.5, 0.6) is 5.75 Å². The number of benzene rings is 1. The molecule has 0 aromatic heterocycles. The van der Waals surface area contributed by atoms with Gasteiger partial charge in [0.1, 0.15) is 5.75 Å². The maximum atomic E-state index is 12.4. The average molecular weight is 396 g/mol. The van der Waals surface area contributed by atoms with Crippen LogP contribution in [0.15, 0.2) is 30.3 Å². The molecule has 0 bridgehead atoms. The van der Waals surface area contributed by atoms with E-state index in [0.29, 0.717) is 34.8 Å². The number of hydrogen-bond acceptors (Lipinski definition) is 2. The van der Waals surface area contributed by atoms with E-state index >= 15 is 0 Å². The van der Waals surface area contributed by atoms with Crippen LogP contribution >= 0.6 is 0 Å². The standard InChI is InChI=1S/C26H37NO2/c1-17-14-22-26(3,13-11-23(28)27(22)4)20-10-12-25(2)16-19(15-21(25)24(17)20)29-18-8-6-5-7-9-18/h5-9,17,19-22,24H,10-16H2,1-4H3/t17?,19?,20-,21-,22+,24+,25+,26+/m0/s1. The Hall–Kier alpha value is -1.51. The third kappa shape index (κ3) is 2.94. The number of para-hydroxylation sites is 1. The molecule has 3 heteroatoms. The Balaban J connectivity index is 1.41. The third-order valence-electron chi connectivity index (χ3n) is 9.71. The highest BCUT2D eigenvalue weighted by Gasteiger charge is 2.62. The second-order valence-electron chi connectivity index (χ2n) is 11.2. The van der Waals surface area contributed by atoms with Crippen LogP contribution in [0.3, 0.4) is 0 Å². The minimum absolute atomic E-state index is 0.291. The van der Waals surface area contributed by atoms with E-state index < -0.39 is 0 Å². The van der Waals surface area contributed by atoms with Gasteiger partial charge in [-0.25, -0.2) is 0 Å². The highest BCUT2D eigenvalue weighted by Crippen LogP contribution is 2.66. The molecule has 3 saturated carbocycles. The zero-order valence-corrected chi connectivity index (χ0v) is 18.6. The van der Waals surface area contributed by atoms with E-state index in [-0.39, 0.29) is 0 Å². The van der Waals surface area contributed by atoms with Crippen molar-refractivity contribution in [1.29, 1.82) is 0 Å². The zero-order chi connectivity index (χ0) is 20.4. The van der Waals surface area contributed by atoms with Crippen LogP contribution in [0.2, 0.25) is 0 Å². The van der Waals surface area contributed by atoms with Gasteiger partial charge in [0.15, 0.2) is 0 Å². The number of rotatable bonds is 2. The largest absolute Gasteiger partial charge is 0.490 e. The van der Waals surface area contributed by atoms with Gasteiger partial charge < -0.3 is 9.64 Å². The molecule has 1 aromatic carbocycles. The molecule has 29 heavy (non-hydrogen) atoms. The van der Waals surface area contributed by atoms with Gasteiger partial charge >= 0.3 is 0 Å². The van der Waals surface area contributed by atoms with Crippen molar-refractivity contribution in [3.8, 4) is 5.75 Å². The minimum Gasteiger partial charge on any atom is -0.490 e. The summed E-state index contributed by atoms with van der Waals surface area (Å²) in [6.07, 6.45) is 8.39. The van der Waals surface area contributed by atoms with Gasteiger partial charge in [-0.1, -0.05) is 39.0 Å². The van der Waals surface area contributed by atoms with Crippen LogP contribution in [0.4, 0.5) is 0 Å². The molecular formula is C26H37NO2. The van der Waals surface area contributed by atoms with E-state index in [1.807, 2.05) is 0 Å². The SMILES string of the molecule is CC1C[C@H]2N(C)C(=O)CC[C@]2(C)[C@H]2CC[C@]3(C)CC(Oc4ccccc4)C[C@H]3[C@H]12. The summed E-state index contributed by atoms with van der Waals surface area (Å²) in [6.45, 7) is 7.53. The third-order valence-corrected chi connectivity index (χ3v) is 9.71. The molecule has 1 heterocycles. The zero-order valence-electron chi connectivity index (χ0n) is 18.6. The Bertz CT molecular complexity index is 778. The number of nitrogens with zero attached hydrogens (tertiary/aromatic N) is 1. The molecule has 3 nitrogen and oxygen atoms in total. The van der Waals surface area contributed by atoms with Crippen molar-refractivity contribution in [2.75, 3.05) is 7.05 Å². The summed E-state index contributed by atoms with van der Waals surface area (Å²) in [5.74, 6) is 4.35. The second-order valence-corrected chi connectivity index (χ2v) is 11.2. The van der Waals surface area contributed by atoms with Crippen LogP contribution in [0, 0.1) is 34.5 Å². The Labute approximate surface area is 176 Å². The minimum atomic E-state index is 0.291. The smallest absolute Gasteiger partial charge is 0.222 e. The molecule has 4 fully saturated rings. The molecule has 3 aliphatic carbocycles. The summed E-state index contributed by atoms with van der Waals surface area (Å²) in [5.41, 5.74) is 0.702. The number of fused-ring (bicyclic) bond motifs is 5. The molecule has 4 aliphatic rings. The van der Waals surface area contributed by atoms with Gasteiger partial charge in [0, 0.05) is 19.5 Å². The lowest BCUT2D eigenvalue weighted by atomic mass is 9.45. The van der Waals surface area contributed by atoms with Crippen LogP contribution in [-0.2, 0) is 4.79 Å². The number of amides is 1. The van der Waals surface area contributed by atoms with Crippen molar-refractivity contribution in [3.63, 3.8) is 0 Å². The van der Waals surface area contributed by atoms with Gasteiger partial charge in [0.05, 0.1) is 6.10 Å². The fourth-order valence-electron chi connectivity index (χ4n) is 8.24. The number of ether oxygens (including phenoxy) is 1. The average Bonchev–Trinajstić information content (AvgIpc) is 3.03. The first-order valence-electron chi connectivity index (χ1n) is 11.8. The Morgan fingerprint density at radius 1 is 1.07 bits per heavy atom. The molecule has 2 unspecified atom stereocenters. The molecule has 0 N–H and O–H groups in total. The van der Waals surface area contributed by atoms with Crippen LogP contribution in [0.1, 0.15) is 65.7 Å². The molecule has 158 valence electrons. The molecule has 1 amide bonds. The molecule has 8 atom stereocenters. The lowest BCUT2D eigenvalue weighted by molar-refractivity contribution is -0.164. The normalized spacial score (nSPS) is 46.6. The van der Waals surface area contributed by atoms with Gasteiger partial charge in [-0.2, -0.15) is 0 Å². The molecule has 1 saturated heterocycles. The maximum Gasteiger partial charge on any atom is 0.222 e. The Morgan fingerprint density at radius 2 is 1.83 bits per heavy atom. The summed E-state index contributed by atoms with van der Waals surface area (Å²) in [5, 5.41) is 0. The fraction of sp³-hybridized carbons (Fsp3) is 0.731. The van der Waals surface area contributed by atoms with Crippen molar-refractivity contribution in [3.05, 3.63) is 30.3 Å². The first-order chi connectivity index (χ1) is 13.8. The summed E-state index contributed by atoms with van der Waals surface area (Å²) < 4.78 is 6.46. The summed E-state index contributed by atoms with van der Waals surface area (Å²) in [6, 6.07) is 10.8. The van der Waals surface area contributed by atoms with E-state index in [4.69, 9.17) is 4.74 Å². The molecule has 0 spiro atoms.